The first kappa shape index (κ1) is 22.0. The van der Waals surface area contributed by atoms with Crippen LogP contribution in [-0.4, -0.2) is 30.8 Å². The van der Waals surface area contributed by atoms with Crippen LogP contribution in [0.3, 0.4) is 0 Å². The van der Waals surface area contributed by atoms with Crippen LogP contribution in [0.15, 0.2) is 90.0 Å². The Balaban J connectivity index is 1.34. The van der Waals surface area contributed by atoms with Crippen molar-refractivity contribution in [1.82, 2.24) is 19.1 Å². The molecule has 5 aromatic rings. The van der Waals surface area contributed by atoms with Gasteiger partial charge in [-0.25, -0.2) is 9.97 Å². The molecule has 0 bridgehead atoms. The Hall–Kier alpha value is -4.85. The number of imidazole rings is 1. The first-order valence-corrected chi connectivity index (χ1v) is 10.9. The summed E-state index contributed by atoms with van der Waals surface area (Å²) < 4.78 is 3.19. The fraction of sp³-hybridized carbons (Fsp3) is 0.0741. The molecule has 0 unspecified atom stereocenters. The lowest BCUT2D eigenvalue weighted by molar-refractivity contribution is 0.102. The number of aryl methyl sites for hydroxylation is 2. The van der Waals surface area contributed by atoms with Gasteiger partial charge in [-0.3, -0.25) is 19.0 Å². The van der Waals surface area contributed by atoms with E-state index < -0.39 is 0 Å². The maximum atomic E-state index is 13.0. The number of para-hydroxylation sites is 1. The molecule has 0 saturated heterocycles. The minimum Gasteiger partial charge on any atom is -0.331 e. The molecule has 0 spiro atoms. The van der Waals surface area contributed by atoms with E-state index in [1.807, 2.05) is 12.1 Å². The fourth-order valence-electron chi connectivity index (χ4n) is 3.93. The molecule has 5 rings (SSSR count). The van der Waals surface area contributed by atoms with Crippen molar-refractivity contribution in [2.24, 2.45) is 7.05 Å². The normalized spacial score (nSPS) is 10.9. The van der Waals surface area contributed by atoms with Gasteiger partial charge in [-0.15, -0.1) is 0 Å². The van der Waals surface area contributed by atoms with Crippen molar-refractivity contribution < 1.29 is 9.59 Å². The number of aromatic nitrogens is 4. The van der Waals surface area contributed by atoms with Crippen LogP contribution in [0.1, 0.15) is 32.4 Å². The standard InChI is InChI=1S/C27H21N5O3/c1-17-29-23-6-4-3-5-22(23)27(35)32(17)21-13-9-19(10-14-21)26(34)30-20-11-7-18(8-12-20)24(33)25-28-15-16-31(25)2/h3-16H,1-2H3,(H,30,34). The third-order valence-electron chi connectivity index (χ3n) is 5.76. The summed E-state index contributed by atoms with van der Waals surface area (Å²) in [6, 6.07) is 20.6. The zero-order valence-corrected chi connectivity index (χ0v) is 19.1. The molecule has 2 heterocycles. The summed E-state index contributed by atoms with van der Waals surface area (Å²) in [5.74, 6) is 0.407. The molecule has 8 nitrogen and oxygen atoms in total. The third-order valence-corrected chi connectivity index (χ3v) is 5.76. The predicted octanol–water partition coefficient (Wildman–Crippen LogP) is 3.91. The largest absolute Gasteiger partial charge is 0.331 e. The van der Waals surface area contributed by atoms with Crippen LogP contribution in [0.25, 0.3) is 16.6 Å². The molecule has 35 heavy (non-hydrogen) atoms. The van der Waals surface area contributed by atoms with Gasteiger partial charge in [0, 0.05) is 36.3 Å². The molecule has 0 atom stereocenters. The van der Waals surface area contributed by atoms with Crippen LogP contribution in [0.4, 0.5) is 5.69 Å². The molecule has 0 fully saturated rings. The van der Waals surface area contributed by atoms with Crippen LogP contribution in [0.2, 0.25) is 0 Å². The molecular weight excluding hydrogens is 442 g/mol. The van der Waals surface area contributed by atoms with Gasteiger partial charge in [0.25, 0.3) is 11.5 Å². The Morgan fingerprint density at radius 2 is 1.57 bits per heavy atom. The number of carbonyl (C=O) groups is 2. The number of amides is 1. The molecule has 0 aliphatic rings. The Labute approximate surface area is 200 Å². The number of hydrogen-bond acceptors (Lipinski definition) is 5. The monoisotopic (exact) mass is 463 g/mol. The summed E-state index contributed by atoms with van der Waals surface area (Å²) in [4.78, 5) is 46.9. The second kappa shape index (κ2) is 8.83. The molecule has 0 saturated carbocycles. The van der Waals surface area contributed by atoms with Gasteiger partial charge in [-0.1, -0.05) is 12.1 Å². The summed E-state index contributed by atoms with van der Waals surface area (Å²) in [7, 11) is 1.76. The van der Waals surface area contributed by atoms with E-state index in [-0.39, 0.29) is 17.2 Å². The Morgan fingerprint density at radius 3 is 2.26 bits per heavy atom. The van der Waals surface area contributed by atoms with E-state index in [0.717, 1.165) is 0 Å². The van der Waals surface area contributed by atoms with E-state index in [1.54, 1.807) is 91.6 Å². The van der Waals surface area contributed by atoms with E-state index in [4.69, 9.17) is 0 Å². The molecule has 0 radical (unpaired) electrons. The van der Waals surface area contributed by atoms with Crippen molar-refractivity contribution >= 4 is 28.3 Å². The van der Waals surface area contributed by atoms with Crippen molar-refractivity contribution in [2.45, 2.75) is 6.92 Å². The van der Waals surface area contributed by atoms with Gasteiger partial charge in [0.05, 0.1) is 16.6 Å². The summed E-state index contributed by atoms with van der Waals surface area (Å²) in [5.41, 5.74) is 2.58. The van der Waals surface area contributed by atoms with Crippen LogP contribution in [0.5, 0.6) is 0 Å². The average Bonchev–Trinajstić information content (AvgIpc) is 3.30. The van der Waals surface area contributed by atoms with E-state index in [2.05, 4.69) is 15.3 Å². The van der Waals surface area contributed by atoms with Gasteiger partial charge < -0.3 is 9.88 Å². The van der Waals surface area contributed by atoms with Gasteiger partial charge in [-0.05, 0) is 67.6 Å². The first-order valence-electron chi connectivity index (χ1n) is 10.9. The highest BCUT2D eigenvalue weighted by Gasteiger charge is 2.15. The predicted molar refractivity (Wildman–Crippen MR) is 133 cm³/mol. The topological polar surface area (TPSA) is 98.9 Å². The molecule has 2 aromatic heterocycles. The van der Waals surface area contributed by atoms with Gasteiger partial charge in [-0.2, -0.15) is 0 Å². The SMILES string of the molecule is Cc1nc2ccccc2c(=O)n1-c1ccc(C(=O)Nc2ccc(C(=O)c3nccn3C)cc2)cc1. The molecule has 1 amide bonds. The lowest BCUT2D eigenvalue weighted by Gasteiger charge is -2.12. The molecule has 0 aliphatic heterocycles. The average molecular weight is 463 g/mol. The third kappa shape index (κ3) is 4.13. The quantitative estimate of drug-likeness (QED) is 0.399. The fourth-order valence-corrected chi connectivity index (χ4v) is 3.93. The van der Waals surface area contributed by atoms with Crippen LogP contribution in [0, 0.1) is 6.92 Å². The van der Waals surface area contributed by atoms with Gasteiger partial charge in [0.1, 0.15) is 5.82 Å². The van der Waals surface area contributed by atoms with Gasteiger partial charge >= 0.3 is 0 Å². The Bertz CT molecular complexity index is 1630. The van der Waals surface area contributed by atoms with Crippen LogP contribution >= 0.6 is 0 Å². The highest BCUT2D eigenvalue weighted by Crippen LogP contribution is 2.16. The highest BCUT2D eigenvalue weighted by molar-refractivity contribution is 6.07. The zero-order chi connectivity index (χ0) is 24.5. The zero-order valence-electron chi connectivity index (χ0n) is 19.1. The number of hydrogen-bond donors (Lipinski definition) is 1. The number of ketones is 1. The summed E-state index contributed by atoms with van der Waals surface area (Å²) in [5, 5.41) is 3.36. The lowest BCUT2D eigenvalue weighted by Crippen LogP contribution is -2.22. The number of anilines is 1. The molecule has 3 aromatic carbocycles. The summed E-state index contributed by atoms with van der Waals surface area (Å²) >= 11 is 0. The molecular formula is C27H21N5O3. The number of nitrogens with zero attached hydrogens (tertiary/aromatic N) is 4. The van der Waals surface area contributed by atoms with Gasteiger partial charge in [0.15, 0.2) is 5.82 Å². The van der Waals surface area contributed by atoms with Crippen LogP contribution < -0.4 is 10.9 Å². The Morgan fingerprint density at radius 1 is 0.886 bits per heavy atom. The number of benzene rings is 3. The molecule has 1 N–H and O–H groups in total. The number of rotatable bonds is 5. The smallest absolute Gasteiger partial charge is 0.265 e. The van der Waals surface area contributed by atoms with Crippen LogP contribution in [-0.2, 0) is 7.05 Å². The molecule has 8 heteroatoms. The van der Waals surface area contributed by atoms with Crippen molar-refractivity contribution in [3.05, 3.63) is 118 Å². The summed E-state index contributed by atoms with van der Waals surface area (Å²) in [6.45, 7) is 1.77. The summed E-state index contributed by atoms with van der Waals surface area (Å²) in [6.07, 6.45) is 3.28. The van der Waals surface area contributed by atoms with Crippen molar-refractivity contribution in [2.75, 3.05) is 5.32 Å². The number of fused-ring (bicyclic) bond motifs is 1. The Kier molecular flexibility index (Phi) is 5.54. The second-order valence-corrected chi connectivity index (χ2v) is 8.09. The minimum absolute atomic E-state index is 0.162. The minimum atomic E-state index is -0.305. The van der Waals surface area contributed by atoms with E-state index >= 15 is 0 Å². The lowest BCUT2D eigenvalue weighted by atomic mass is 10.1. The van der Waals surface area contributed by atoms with E-state index in [1.165, 1.54) is 4.57 Å². The van der Waals surface area contributed by atoms with E-state index in [9.17, 15) is 14.4 Å². The molecule has 172 valence electrons. The van der Waals surface area contributed by atoms with Crippen molar-refractivity contribution in [3.63, 3.8) is 0 Å². The maximum absolute atomic E-state index is 13.0. The van der Waals surface area contributed by atoms with Gasteiger partial charge in [0.2, 0.25) is 5.78 Å². The maximum Gasteiger partial charge on any atom is 0.265 e. The highest BCUT2D eigenvalue weighted by atomic mass is 16.2. The number of carbonyl (C=O) groups excluding carboxylic acids is 2. The second-order valence-electron chi connectivity index (χ2n) is 8.09. The number of nitrogens with one attached hydrogen (secondary N) is 1. The van der Waals surface area contributed by atoms with E-state index in [0.29, 0.717) is 45.1 Å². The van der Waals surface area contributed by atoms with Crippen molar-refractivity contribution in [3.8, 4) is 5.69 Å². The van der Waals surface area contributed by atoms with Crippen molar-refractivity contribution in [1.29, 1.82) is 0 Å². The molecule has 0 aliphatic carbocycles. The first-order chi connectivity index (χ1) is 16.9.